The Labute approximate surface area is 205 Å². The van der Waals surface area contributed by atoms with E-state index in [4.69, 9.17) is 9.47 Å². The number of rotatable bonds is 6. The minimum Gasteiger partial charge on any atom is -0.494 e. The van der Waals surface area contributed by atoms with Crippen molar-refractivity contribution in [2.75, 3.05) is 13.7 Å². The summed E-state index contributed by atoms with van der Waals surface area (Å²) in [7, 11) is 1.97. The number of hydrogen-bond acceptors (Lipinski definition) is 3. The van der Waals surface area contributed by atoms with Gasteiger partial charge in [-0.2, -0.15) is 0 Å². The average Bonchev–Trinajstić information content (AvgIpc) is 2.87. The van der Waals surface area contributed by atoms with Crippen LogP contribution in [0.3, 0.4) is 0 Å². The Bertz CT molecular complexity index is 1130. The van der Waals surface area contributed by atoms with Crippen molar-refractivity contribution >= 4 is 5.70 Å². The van der Waals surface area contributed by atoms with E-state index in [1.807, 2.05) is 52.1 Å². The highest BCUT2D eigenvalue weighted by Crippen LogP contribution is 2.36. The number of fused-ring (bicyclic) bond motifs is 1. The second kappa shape index (κ2) is 12.1. The van der Waals surface area contributed by atoms with Gasteiger partial charge >= 0.3 is 0 Å². The Morgan fingerprint density at radius 2 is 1.53 bits per heavy atom. The van der Waals surface area contributed by atoms with Crippen LogP contribution in [0, 0.1) is 5.92 Å². The molecule has 0 fully saturated rings. The summed E-state index contributed by atoms with van der Waals surface area (Å²) < 4.78 is 11.9. The molecule has 34 heavy (non-hydrogen) atoms. The molecule has 1 aliphatic carbocycles. The van der Waals surface area contributed by atoms with Crippen LogP contribution in [-0.4, -0.2) is 13.7 Å². The van der Waals surface area contributed by atoms with Crippen LogP contribution in [0.2, 0.25) is 0 Å². The molecule has 0 radical (unpaired) electrons. The summed E-state index contributed by atoms with van der Waals surface area (Å²) in [5.41, 5.74) is 5.87. The summed E-state index contributed by atoms with van der Waals surface area (Å²) in [6, 6.07) is 22.8. The van der Waals surface area contributed by atoms with Crippen LogP contribution in [0.25, 0.3) is 16.8 Å². The van der Waals surface area contributed by atoms with Gasteiger partial charge in [0.1, 0.15) is 17.2 Å². The normalized spacial score (nSPS) is 19.2. The molecule has 0 saturated heterocycles. The van der Waals surface area contributed by atoms with Gasteiger partial charge in [-0.15, -0.1) is 0 Å². The molecule has 4 rings (SSSR count). The van der Waals surface area contributed by atoms with Crippen molar-refractivity contribution in [3.8, 4) is 28.4 Å². The summed E-state index contributed by atoms with van der Waals surface area (Å²) in [5, 5.41) is 3.34. The molecule has 3 aromatic carbocycles. The third-order valence-electron chi connectivity index (χ3n) is 6.11. The first-order valence-corrected chi connectivity index (χ1v) is 12.3. The third kappa shape index (κ3) is 5.91. The van der Waals surface area contributed by atoms with Gasteiger partial charge in [0.25, 0.3) is 0 Å². The topological polar surface area (TPSA) is 30.5 Å². The van der Waals surface area contributed by atoms with Crippen molar-refractivity contribution in [2.45, 2.75) is 40.5 Å². The molecule has 2 atom stereocenters. The van der Waals surface area contributed by atoms with Gasteiger partial charge in [0, 0.05) is 18.3 Å². The fourth-order valence-electron chi connectivity index (χ4n) is 4.10. The van der Waals surface area contributed by atoms with Crippen LogP contribution in [0.4, 0.5) is 0 Å². The molecule has 0 heterocycles. The van der Waals surface area contributed by atoms with Crippen LogP contribution >= 0.6 is 0 Å². The van der Waals surface area contributed by atoms with Gasteiger partial charge in [-0.1, -0.05) is 70.2 Å². The van der Waals surface area contributed by atoms with Crippen LogP contribution in [0.15, 0.2) is 85.0 Å². The smallest absolute Gasteiger partial charge is 0.128 e. The maximum atomic E-state index is 6.30. The van der Waals surface area contributed by atoms with E-state index in [2.05, 4.69) is 79.9 Å². The molecule has 2 unspecified atom stereocenters. The molecule has 0 spiro atoms. The van der Waals surface area contributed by atoms with E-state index in [1.54, 1.807) is 0 Å². The predicted molar refractivity (Wildman–Crippen MR) is 145 cm³/mol. The molecule has 0 aliphatic heterocycles. The largest absolute Gasteiger partial charge is 0.494 e. The van der Waals surface area contributed by atoms with Crippen LogP contribution in [-0.2, 0) is 0 Å². The summed E-state index contributed by atoms with van der Waals surface area (Å²) >= 11 is 0. The van der Waals surface area contributed by atoms with Crippen LogP contribution in [0.1, 0.15) is 51.7 Å². The maximum absolute atomic E-state index is 6.30. The Kier molecular flexibility index (Phi) is 8.98. The molecule has 3 aromatic rings. The van der Waals surface area contributed by atoms with E-state index < -0.39 is 0 Å². The van der Waals surface area contributed by atoms with Gasteiger partial charge in [0.15, 0.2) is 0 Å². The quantitative estimate of drug-likeness (QED) is 0.404. The van der Waals surface area contributed by atoms with Gasteiger partial charge in [-0.25, -0.2) is 0 Å². The van der Waals surface area contributed by atoms with Crippen molar-refractivity contribution in [1.29, 1.82) is 0 Å². The fourth-order valence-corrected chi connectivity index (χ4v) is 4.10. The van der Waals surface area contributed by atoms with Crippen molar-refractivity contribution < 1.29 is 9.47 Å². The van der Waals surface area contributed by atoms with E-state index >= 15 is 0 Å². The highest BCUT2D eigenvalue weighted by Gasteiger charge is 2.19. The molecule has 1 aliphatic rings. The van der Waals surface area contributed by atoms with E-state index in [9.17, 15) is 0 Å². The number of ether oxygens (including phenoxy) is 2. The summed E-state index contributed by atoms with van der Waals surface area (Å²) in [4.78, 5) is 0. The van der Waals surface area contributed by atoms with Crippen molar-refractivity contribution in [3.05, 3.63) is 96.1 Å². The van der Waals surface area contributed by atoms with Gasteiger partial charge in [-0.05, 0) is 77.9 Å². The molecule has 0 bridgehead atoms. The SMILES string of the molecule is CC.CCOc1ccc(-c2cccc(Oc3ccc4c(c3)/C(NC)=C/C=C\C(C)C4C)c2)cc1. The third-order valence-corrected chi connectivity index (χ3v) is 6.11. The lowest BCUT2D eigenvalue weighted by atomic mass is 9.83. The first kappa shape index (κ1) is 25.2. The van der Waals surface area contributed by atoms with E-state index in [1.165, 1.54) is 11.1 Å². The van der Waals surface area contributed by atoms with E-state index in [-0.39, 0.29) is 0 Å². The molecule has 0 saturated carbocycles. The number of nitrogens with one attached hydrogen (secondary N) is 1. The Balaban J connectivity index is 0.00000158. The standard InChI is InChI=1S/C29H31NO2.C2H6/c1-5-31-24-14-12-22(13-15-24)23-9-7-10-25(18-23)32-26-16-17-27-21(3)20(2)8-6-11-29(30-4)28(27)19-26;1-2/h6-21,30H,5H2,1-4H3;1-2H3/b8-6-,29-11-;. The van der Waals surface area contributed by atoms with E-state index in [0.29, 0.717) is 18.4 Å². The monoisotopic (exact) mass is 455 g/mol. The molecular weight excluding hydrogens is 418 g/mol. The number of benzene rings is 3. The molecule has 3 heteroatoms. The van der Waals surface area contributed by atoms with Gasteiger partial charge in [-0.3, -0.25) is 0 Å². The number of allylic oxidation sites excluding steroid dienone is 3. The van der Waals surface area contributed by atoms with Crippen molar-refractivity contribution in [1.82, 2.24) is 5.32 Å². The van der Waals surface area contributed by atoms with Gasteiger partial charge in [0.2, 0.25) is 0 Å². The van der Waals surface area contributed by atoms with Crippen LogP contribution < -0.4 is 14.8 Å². The Morgan fingerprint density at radius 3 is 2.24 bits per heavy atom. The Hall–Kier alpha value is -3.46. The van der Waals surface area contributed by atoms with Crippen molar-refractivity contribution in [2.24, 2.45) is 5.92 Å². The van der Waals surface area contributed by atoms with Gasteiger partial charge in [0.05, 0.1) is 6.61 Å². The minimum atomic E-state index is 0.426. The molecule has 0 amide bonds. The maximum Gasteiger partial charge on any atom is 0.128 e. The Morgan fingerprint density at radius 1 is 0.824 bits per heavy atom. The summed E-state index contributed by atoms with van der Waals surface area (Å²) in [5.74, 6) is 3.43. The zero-order valence-corrected chi connectivity index (χ0v) is 21.3. The highest BCUT2D eigenvalue weighted by atomic mass is 16.5. The first-order chi connectivity index (χ1) is 16.6. The highest BCUT2D eigenvalue weighted by molar-refractivity contribution is 5.71. The first-order valence-electron chi connectivity index (χ1n) is 12.3. The molecular formula is C31H37NO2. The average molecular weight is 456 g/mol. The molecule has 3 nitrogen and oxygen atoms in total. The lowest BCUT2D eigenvalue weighted by Crippen LogP contribution is -2.13. The second-order valence-electron chi connectivity index (χ2n) is 8.20. The molecule has 178 valence electrons. The lowest BCUT2D eigenvalue weighted by Gasteiger charge is -2.24. The van der Waals surface area contributed by atoms with Gasteiger partial charge < -0.3 is 14.8 Å². The van der Waals surface area contributed by atoms with Crippen molar-refractivity contribution in [3.63, 3.8) is 0 Å². The minimum absolute atomic E-state index is 0.426. The van der Waals surface area contributed by atoms with E-state index in [0.717, 1.165) is 34.1 Å². The zero-order chi connectivity index (χ0) is 24.5. The summed E-state index contributed by atoms with van der Waals surface area (Å²) in [6.45, 7) is 11.2. The number of hydrogen-bond donors (Lipinski definition) is 1. The predicted octanol–water partition coefficient (Wildman–Crippen LogP) is 8.44. The molecule has 1 N–H and O–H groups in total. The summed E-state index contributed by atoms with van der Waals surface area (Å²) in [6.07, 6.45) is 6.54. The fraction of sp³-hybridized carbons (Fsp3) is 0.290. The van der Waals surface area contributed by atoms with Crippen LogP contribution in [0.5, 0.6) is 17.2 Å². The zero-order valence-electron chi connectivity index (χ0n) is 21.3. The second-order valence-corrected chi connectivity index (χ2v) is 8.20. The lowest BCUT2D eigenvalue weighted by molar-refractivity contribution is 0.340. The molecule has 0 aromatic heterocycles.